The molecule has 0 amide bonds. The highest BCUT2D eigenvalue weighted by Gasteiger charge is 2.15. The molecule has 0 aliphatic rings. The van der Waals surface area contributed by atoms with Crippen LogP contribution in [-0.2, 0) is 0 Å². The van der Waals surface area contributed by atoms with E-state index in [2.05, 4.69) is 12.1 Å². The summed E-state index contributed by atoms with van der Waals surface area (Å²) in [5.41, 5.74) is 4.94. The Balaban J connectivity index is 1.93. The molecule has 3 aromatic rings. The summed E-state index contributed by atoms with van der Waals surface area (Å²) in [4.78, 5) is 12.4. The SMILES string of the molecule is Cc1c(C(=O)Oc2ccccc2)ccc(-c2ccccc2)c1C. The number of esters is 1. The Morgan fingerprint density at radius 2 is 1.35 bits per heavy atom. The molecule has 0 saturated heterocycles. The molecular weight excluding hydrogens is 284 g/mol. The van der Waals surface area contributed by atoms with E-state index in [1.165, 1.54) is 0 Å². The molecule has 0 spiro atoms. The van der Waals surface area contributed by atoms with Crippen molar-refractivity contribution >= 4 is 5.97 Å². The van der Waals surface area contributed by atoms with Crippen LogP contribution in [0, 0.1) is 13.8 Å². The van der Waals surface area contributed by atoms with Gasteiger partial charge >= 0.3 is 5.97 Å². The molecule has 0 N–H and O–H groups in total. The molecule has 114 valence electrons. The lowest BCUT2D eigenvalue weighted by Crippen LogP contribution is -2.11. The van der Waals surface area contributed by atoms with Gasteiger partial charge in [0, 0.05) is 0 Å². The Morgan fingerprint density at radius 1 is 0.739 bits per heavy atom. The first-order valence-electron chi connectivity index (χ1n) is 7.59. The highest BCUT2D eigenvalue weighted by atomic mass is 16.5. The van der Waals surface area contributed by atoms with Crippen molar-refractivity contribution in [2.24, 2.45) is 0 Å². The van der Waals surface area contributed by atoms with E-state index in [-0.39, 0.29) is 5.97 Å². The zero-order valence-corrected chi connectivity index (χ0v) is 13.2. The van der Waals surface area contributed by atoms with Crippen LogP contribution in [0.1, 0.15) is 21.5 Å². The second kappa shape index (κ2) is 6.49. The van der Waals surface area contributed by atoms with Gasteiger partial charge in [-0.05, 0) is 54.3 Å². The normalized spacial score (nSPS) is 10.3. The van der Waals surface area contributed by atoms with E-state index in [1.54, 1.807) is 12.1 Å². The van der Waals surface area contributed by atoms with Crippen molar-refractivity contribution in [3.63, 3.8) is 0 Å². The number of rotatable bonds is 3. The third-order valence-corrected chi connectivity index (χ3v) is 4.05. The monoisotopic (exact) mass is 302 g/mol. The van der Waals surface area contributed by atoms with Crippen LogP contribution < -0.4 is 4.74 Å². The number of carbonyl (C=O) groups is 1. The quantitative estimate of drug-likeness (QED) is 0.491. The zero-order chi connectivity index (χ0) is 16.2. The fraction of sp³-hybridized carbons (Fsp3) is 0.0952. The van der Waals surface area contributed by atoms with Crippen molar-refractivity contribution < 1.29 is 9.53 Å². The predicted molar refractivity (Wildman–Crippen MR) is 92.8 cm³/mol. The highest BCUT2D eigenvalue weighted by molar-refractivity contribution is 5.94. The molecule has 0 fully saturated rings. The van der Waals surface area contributed by atoms with Gasteiger partial charge in [0.05, 0.1) is 5.56 Å². The molecule has 3 rings (SSSR count). The highest BCUT2D eigenvalue weighted by Crippen LogP contribution is 2.28. The van der Waals surface area contributed by atoms with Crippen molar-refractivity contribution in [1.82, 2.24) is 0 Å². The minimum absolute atomic E-state index is 0.323. The Kier molecular flexibility index (Phi) is 4.24. The van der Waals surface area contributed by atoms with Crippen LogP contribution in [0.15, 0.2) is 72.8 Å². The van der Waals surface area contributed by atoms with Gasteiger partial charge in [0.1, 0.15) is 5.75 Å². The van der Waals surface area contributed by atoms with Gasteiger partial charge in [-0.15, -0.1) is 0 Å². The molecule has 0 aromatic heterocycles. The molecule has 0 aliphatic heterocycles. The molecule has 0 atom stereocenters. The fourth-order valence-electron chi connectivity index (χ4n) is 2.62. The second-order valence-corrected chi connectivity index (χ2v) is 5.48. The van der Waals surface area contributed by atoms with Crippen LogP contribution >= 0.6 is 0 Å². The molecule has 0 unspecified atom stereocenters. The summed E-state index contributed by atoms with van der Waals surface area (Å²) in [5, 5.41) is 0. The van der Waals surface area contributed by atoms with E-state index in [0.717, 1.165) is 22.3 Å². The Hall–Kier alpha value is -2.87. The van der Waals surface area contributed by atoms with E-state index in [1.807, 2.05) is 62.4 Å². The molecule has 23 heavy (non-hydrogen) atoms. The molecule has 0 heterocycles. The lowest BCUT2D eigenvalue weighted by Gasteiger charge is -2.13. The van der Waals surface area contributed by atoms with Crippen molar-refractivity contribution in [1.29, 1.82) is 0 Å². The average Bonchev–Trinajstić information content (AvgIpc) is 2.59. The van der Waals surface area contributed by atoms with E-state index in [0.29, 0.717) is 11.3 Å². The van der Waals surface area contributed by atoms with Gasteiger partial charge in [0.15, 0.2) is 0 Å². The van der Waals surface area contributed by atoms with Crippen LogP contribution in [0.5, 0.6) is 5.75 Å². The van der Waals surface area contributed by atoms with Gasteiger partial charge in [0.25, 0.3) is 0 Å². The molecule has 2 heteroatoms. The third kappa shape index (κ3) is 3.16. The number of benzene rings is 3. The number of ether oxygens (including phenoxy) is 1. The van der Waals surface area contributed by atoms with Crippen LogP contribution in [0.25, 0.3) is 11.1 Å². The summed E-state index contributed by atoms with van der Waals surface area (Å²) in [7, 11) is 0. The minimum atomic E-state index is -0.323. The van der Waals surface area contributed by atoms with E-state index in [4.69, 9.17) is 4.74 Å². The molecule has 0 radical (unpaired) electrons. The van der Waals surface area contributed by atoms with E-state index >= 15 is 0 Å². The Bertz CT molecular complexity index is 821. The van der Waals surface area contributed by atoms with Crippen LogP contribution in [0.3, 0.4) is 0 Å². The van der Waals surface area contributed by atoms with Crippen LogP contribution in [-0.4, -0.2) is 5.97 Å². The lowest BCUT2D eigenvalue weighted by atomic mass is 9.93. The molecule has 3 aromatic carbocycles. The lowest BCUT2D eigenvalue weighted by molar-refractivity contribution is 0.0734. The largest absolute Gasteiger partial charge is 0.423 e. The Labute approximate surface area is 136 Å². The standard InChI is InChI=1S/C21H18O2/c1-15-16(2)20(21(22)23-18-11-7-4-8-12-18)14-13-19(15)17-9-5-3-6-10-17/h3-14H,1-2H3. The van der Waals surface area contributed by atoms with E-state index in [9.17, 15) is 4.79 Å². The maximum atomic E-state index is 12.4. The predicted octanol–water partition coefficient (Wildman–Crippen LogP) is 5.19. The summed E-state index contributed by atoms with van der Waals surface area (Å²) in [5.74, 6) is 0.234. The second-order valence-electron chi connectivity index (χ2n) is 5.48. The summed E-state index contributed by atoms with van der Waals surface area (Å²) in [6.45, 7) is 4.00. The number of hydrogen-bond acceptors (Lipinski definition) is 2. The molecule has 0 bridgehead atoms. The number of para-hydroxylation sites is 1. The maximum Gasteiger partial charge on any atom is 0.343 e. The first kappa shape index (κ1) is 15.0. The van der Waals surface area contributed by atoms with Gasteiger partial charge in [-0.25, -0.2) is 4.79 Å². The minimum Gasteiger partial charge on any atom is -0.423 e. The number of carbonyl (C=O) groups excluding carboxylic acids is 1. The third-order valence-electron chi connectivity index (χ3n) is 4.05. The van der Waals surface area contributed by atoms with Crippen LogP contribution in [0.2, 0.25) is 0 Å². The maximum absolute atomic E-state index is 12.4. The van der Waals surface area contributed by atoms with Crippen molar-refractivity contribution in [3.8, 4) is 16.9 Å². The van der Waals surface area contributed by atoms with E-state index < -0.39 is 0 Å². The summed E-state index contributed by atoms with van der Waals surface area (Å²) in [6, 6.07) is 23.1. The van der Waals surface area contributed by atoms with Gasteiger partial charge < -0.3 is 4.74 Å². The Morgan fingerprint density at radius 3 is 2.00 bits per heavy atom. The fourth-order valence-corrected chi connectivity index (χ4v) is 2.62. The first-order valence-corrected chi connectivity index (χ1v) is 7.59. The summed E-state index contributed by atoms with van der Waals surface area (Å²) >= 11 is 0. The summed E-state index contributed by atoms with van der Waals surface area (Å²) in [6.07, 6.45) is 0. The zero-order valence-electron chi connectivity index (χ0n) is 13.2. The van der Waals surface area contributed by atoms with Crippen molar-refractivity contribution in [2.75, 3.05) is 0 Å². The average molecular weight is 302 g/mol. The topological polar surface area (TPSA) is 26.3 Å². The van der Waals surface area contributed by atoms with Crippen LogP contribution in [0.4, 0.5) is 0 Å². The molecule has 2 nitrogen and oxygen atoms in total. The molecule has 0 aliphatic carbocycles. The van der Waals surface area contributed by atoms with Crippen molar-refractivity contribution in [3.05, 3.63) is 89.5 Å². The smallest absolute Gasteiger partial charge is 0.343 e. The number of hydrogen-bond donors (Lipinski definition) is 0. The summed E-state index contributed by atoms with van der Waals surface area (Å²) < 4.78 is 5.44. The molecular formula is C21H18O2. The van der Waals surface area contributed by atoms with Crippen molar-refractivity contribution in [2.45, 2.75) is 13.8 Å². The van der Waals surface area contributed by atoms with Gasteiger partial charge in [-0.1, -0.05) is 54.6 Å². The van der Waals surface area contributed by atoms with Gasteiger partial charge in [-0.2, -0.15) is 0 Å². The first-order chi connectivity index (χ1) is 11.2. The van der Waals surface area contributed by atoms with Gasteiger partial charge in [0.2, 0.25) is 0 Å². The molecule has 0 saturated carbocycles. The van der Waals surface area contributed by atoms with Gasteiger partial charge in [-0.3, -0.25) is 0 Å².